The number of aliphatic hydroxyl groups is 1. The standard InChI is InChI=1S/C37H40O11/c1-9-20(2)36(39)48-35-24-18-25(41-5)31(42-6)33(43-7)29(24)28-23(17-26-32(34(28)44-8)46-19-45-26)30(21(3)37(35,4)40)47-27(38)16-15-22-13-11-10-12-14-22/h9-18,21,30,35,40H,19H2,1-8H3/t21-,30+,35-,37-/m0/s1. The lowest BCUT2D eigenvalue weighted by molar-refractivity contribution is -0.181. The van der Waals surface area contributed by atoms with E-state index < -0.39 is 35.7 Å². The lowest BCUT2D eigenvalue weighted by atomic mass is 9.71. The largest absolute Gasteiger partial charge is 0.493 e. The van der Waals surface area contributed by atoms with Gasteiger partial charge in [0.15, 0.2) is 29.1 Å². The number of fused-ring (bicyclic) bond motifs is 4. The minimum Gasteiger partial charge on any atom is -0.493 e. The van der Waals surface area contributed by atoms with Gasteiger partial charge in [0.25, 0.3) is 0 Å². The summed E-state index contributed by atoms with van der Waals surface area (Å²) < 4.78 is 47.4. The maximum Gasteiger partial charge on any atom is 0.334 e. The minimum atomic E-state index is -1.86. The lowest BCUT2D eigenvalue weighted by Crippen LogP contribution is -2.46. The third-order valence-corrected chi connectivity index (χ3v) is 8.89. The van der Waals surface area contributed by atoms with Crippen LogP contribution in [0.4, 0.5) is 0 Å². The summed E-state index contributed by atoms with van der Waals surface area (Å²) in [5, 5.41) is 12.5. The second-order valence-electron chi connectivity index (χ2n) is 11.6. The highest BCUT2D eigenvalue weighted by Crippen LogP contribution is 2.61. The van der Waals surface area contributed by atoms with Gasteiger partial charge in [-0.25, -0.2) is 9.59 Å². The Morgan fingerprint density at radius 2 is 1.56 bits per heavy atom. The van der Waals surface area contributed by atoms with E-state index in [4.69, 9.17) is 37.9 Å². The highest BCUT2D eigenvalue weighted by molar-refractivity contribution is 5.92. The molecule has 5 rings (SSSR count). The zero-order chi connectivity index (χ0) is 34.7. The van der Waals surface area contributed by atoms with Crippen LogP contribution in [0.25, 0.3) is 17.2 Å². The third-order valence-electron chi connectivity index (χ3n) is 8.89. The number of carbonyl (C=O) groups excluding carboxylic acids is 2. The highest BCUT2D eigenvalue weighted by Gasteiger charge is 2.51. The number of allylic oxidation sites excluding steroid dienone is 1. The number of methoxy groups -OCH3 is 4. The van der Waals surface area contributed by atoms with E-state index in [0.717, 1.165) is 5.56 Å². The van der Waals surface area contributed by atoms with Crippen molar-refractivity contribution in [3.05, 3.63) is 76.9 Å². The first-order valence-electron chi connectivity index (χ1n) is 15.4. The molecule has 4 atom stereocenters. The number of ether oxygens (including phenoxy) is 8. The molecule has 0 unspecified atom stereocenters. The van der Waals surface area contributed by atoms with Crippen molar-refractivity contribution in [2.45, 2.75) is 45.5 Å². The van der Waals surface area contributed by atoms with Gasteiger partial charge >= 0.3 is 11.9 Å². The van der Waals surface area contributed by atoms with Gasteiger partial charge in [-0.05, 0) is 44.5 Å². The number of benzene rings is 3. The van der Waals surface area contributed by atoms with Gasteiger partial charge in [-0.15, -0.1) is 0 Å². The summed E-state index contributed by atoms with van der Waals surface area (Å²) in [7, 11) is 5.85. The molecular formula is C37H40O11. The number of carbonyl (C=O) groups is 2. The van der Waals surface area contributed by atoms with Gasteiger partial charge in [0.1, 0.15) is 11.7 Å². The predicted octanol–water partition coefficient (Wildman–Crippen LogP) is 6.37. The van der Waals surface area contributed by atoms with Crippen LogP contribution in [0.2, 0.25) is 0 Å². The van der Waals surface area contributed by atoms with Crippen LogP contribution in [0.15, 0.2) is 60.2 Å². The summed E-state index contributed by atoms with van der Waals surface area (Å²) in [6, 6.07) is 12.6. The molecule has 0 saturated heterocycles. The van der Waals surface area contributed by atoms with E-state index in [1.165, 1.54) is 41.4 Å². The third kappa shape index (κ3) is 6.01. The average molecular weight is 661 g/mol. The second-order valence-corrected chi connectivity index (χ2v) is 11.6. The van der Waals surface area contributed by atoms with Crippen molar-refractivity contribution < 1.29 is 52.6 Å². The van der Waals surface area contributed by atoms with Crippen molar-refractivity contribution in [2.24, 2.45) is 5.92 Å². The molecule has 3 aromatic rings. The molecule has 3 aromatic carbocycles. The molecule has 0 radical (unpaired) electrons. The van der Waals surface area contributed by atoms with Gasteiger partial charge in [-0.3, -0.25) is 0 Å². The molecule has 0 bridgehead atoms. The quantitative estimate of drug-likeness (QED) is 0.203. The maximum atomic E-state index is 13.5. The molecule has 0 aromatic heterocycles. The Morgan fingerprint density at radius 3 is 2.19 bits per heavy atom. The van der Waals surface area contributed by atoms with Gasteiger partial charge in [0.2, 0.25) is 18.3 Å². The number of rotatable bonds is 9. The van der Waals surface area contributed by atoms with Crippen LogP contribution in [0, 0.1) is 5.92 Å². The molecule has 1 N–H and O–H groups in total. The molecule has 11 heteroatoms. The molecular weight excluding hydrogens is 620 g/mol. The van der Waals surface area contributed by atoms with Crippen LogP contribution in [0.5, 0.6) is 34.5 Å². The van der Waals surface area contributed by atoms with E-state index in [2.05, 4.69) is 0 Å². The molecule has 1 heterocycles. The lowest BCUT2D eigenvalue weighted by Gasteiger charge is -2.43. The molecule has 0 spiro atoms. The first kappa shape index (κ1) is 34.2. The molecule has 48 heavy (non-hydrogen) atoms. The minimum absolute atomic E-state index is 0.0785. The van der Waals surface area contributed by atoms with Crippen LogP contribution in [0.3, 0.4) is 0 Å². The second kappa shape index (κ2) is 13.9. The fourth-order valence-electron chi connectivity index (χ4n) is 6.04. The average Bonchev–Trinajstić information content (AvgIpc) is 3.58. The first-order valence-corrected chi connectivity index (χ1v) is 15.4. The van der Waals surface area contributed by atoms with Crippen LogP contribution in [0.1, 0.15) is 56.6 Å². The maximum absolute atomic E-state index is 13.5. The van der Waals surface area contributed by atoms with Crippen molar-refractivity contribution in [2.75, 3.05) is 35.2 Å². The van der Waals surface area contributed by atoms with E-state index in [-0.39, 0.29) is 29.8 Å². The number of hydrogen-bond acceptors (Lipinski definition) is 11. The fraction of sp³-hybridized carbons (Fsp3) is 0.351. The van der Waals surface area contributed by atoms with E-state index in [9.17, 15) is 14.7 Å². The summed E-state index contributed by atoms with van der Waals surface area (Å²) >= 11 is 0. The monoisotopic (exact) mass is 660 g/mol. The smallest absolute Gasteiger partial charge is 0.334 e. The Balaban J connectivity index is 1.86. The van der Waals surface area contributed by atoms with Crippen molar-refractivity contribution >= 4 is 18.0 Å². The van der Waals surface area contributed by atoms with E-state index in [1.807, 2.05) is 30.3 Å². The fourth-order valence-corrected chi connectivity index (χ4v) is 6.04. The van der Waals surface area contributed by atoms with Crippen LogP contribution < -0.4 is 28.4 Å². The Morgan fingerprint density at radius 1 is 0.896 bits per heavy atom. The molecule has 0 amide bonds. The summed E-state index contributed by atoms with van der Waals surface area (Å²) in [4.78, 5) is 27.0. The first-order chi connectivity index (χ1) is 23.0. The number of hydrogen-bond donors (Lipinski definition) is 1. The van der Waals surface area contributed by atoms with E-state index in [0.29, 0.717) is 39.3 Å². The summed E-state index contributed by atoms with van der Waals surface area (Å²) in [5.74, 6) is -0.642. The van der Waals surface area contributed by atoms with Crippen molar-refractivity contribution in [1.29, 1.82) is 0 Å². The van der Waals surface area contributed by atoms with Gasteiger partial charge in [0.05, 0.1) is 28.4 Å². The van der Waals surface area contributed by atoms with Gasteiger partial charge in [0, 0.05) is 39.8 Å². The Bertz CT molecular complexity index is 1760. The highest BCUT2D eigenvalue weighted by atomic mass is 16.7. The molecule has 254 valence electrons. The molecule has 1 aliphatic heterocycles. The van der Waals surface area contributed by atoms with Crippen molar-refractivity contribution in [3.63, 3.8) is 0 Å². The van der Waals surface area contributed by atoms with Gasteiger partial charge in [-0.2, -0.15) is 0 Å². The predicted molar refractivity (Wildman–Crippen MR) is 177 cm³/mol. The normalized spacial score (nSPS) is 21.4. The van der Waals surface area contributed by atoms with E-state index in [1.54, 1.807) is 45.1 Å². The van der Waals surface area contributed by atoms with E-state index >= 15 is 0 Å². The Kier molecular flexibility index (Phi) is 9.90. The van der Waals surface area contributed by atoms with Crippen molar-refractivity contribution in [3.8, 4) is 45.6 Å². The molecule has 0 saturated carbocycles. The molecule has 11 nitrogen and oxygen atoms in total. The SMILES string of the molecule is CC=C(C)C(=O)O[C@H]1c2cc(OC)c(OC)c(OC)c2-c2c(cc3c(c2OC)OCO3)[C@H](OC(=O)C=Cc2ccccc2)[C@H](C)[C@]1(C)O. The molecule has 1 aliphatic carbocycles. The molecule has 0 fully saturated rings. The summed E-state index contributed by atoms with van der Waals surface area (Å²) in [6.07, 6.45) is 2.08. The van der Waals surface area contributed by atoms with Crippen LogP contribution in [-0.4, -0.2) is 57.9 Å². The van der Waals surface area contributed by atoms with Crippen LogP contribution in [-0.2, 0) is 19.1 Å². The zero-order valence-electron chi connectivity index (χ0n) is 28.2. The summed E-state index contributed by atoms with van der Waals surface area (Å²) in [5.41, 5.74) is 0.735. The molecule has 2 aliphatic rings. The Hall–Kier alpha value is -5.16. The van der Waals surface area contributed by atoms with Crippen molar-refractivity contribution in [1.82, 2.24) is 0 Å². The Labute approximate surface area is 279 Å². The van der Waals surface area contributed by atoms with Gasteiger partial charge in [-0.1, -0.05) is 43.3 Å². The van der Waals surface area contributed by atoms with Crippen LogP contribution >= 0.6 is 0 Å². The number of esters is 2. The summed E-state index contributed by atoms with van der Waals surface area (Å²) in [6.45, 7) is 6.49. The van der Waals surface area contributed by atoms with Gasteiger partial charge < -0.3 is 43.0 Å². The zero-order valence-corrected chi connectivity index (χ0v) is 28.2. The topological polar surface area (TPSA) is 128 Å².